The zero-order valence-corrected chi connectivity index (χ0v) is 13.5. The van der Waals surface area contributed by atoms with E-state index in [2.05, 4.69) is 0 Å². The Morgan fingerprint density at radius 1 is 1.13 bits per heavy atom. The third kappa shape index (κ3) is 18.1. The van der Waals surface area contributed by atoms with Crippen LogP contribution in [0.4, 0.5) is 0 Å². The predicted molar refractivity (Wildman–Crippen MR) is 53.9 cm³/mol. The topological polar surface area (TPSA) is 77.4 Å². The average molecular weight is 262 g/mol. The minimum Gasteiger partial charge on any atom is -0.748 e. The van der Waals surface area contributed by atoms with E-state index in [-0.39, 0.29) is 63.2 Å². The van der Waals surface area contributed by atoms with Crippen LogP contribution < -0.4 is 51.4 Å². The van der Waals surface area contributed by atoms with Crippen LogP contribution in [0.1, 0.15) is 45.4 Å². The molecule has 0 bridgehead atoms. The first-order valence-corrected chi connectivity index (χ1v) is 6.61. The third-order valence-electron chi connectivity index (χ3n) is 2.02. The summed E-state index contributed by atoms with van der Waals surface area (Å²) in [6.45, 7) is 1.75. The first-order valence-electron chi connectivity index (χ1n) is 5.03. The molecular weight excluding hydrogens is 243 g/mol. The molecule has 86 valence electrons. The Morgan fingerprint density at radius 2 is 1.60 bits per heavy atom. The van der Waals surface area contributed by atoms with E-state index in [1.807, 2.05) is 0 Å². The van der Waals surface area contributed by atoms with Gasteiger partial charge in [0.05, 0.1) is 16.2 Å². The van der Waals surface area contributed by atoms with Crippen molar-refractivity contribution in [2.45, 2.75) is 51.6 Å². The van der Waals surface area contributed by atoms with Gasteiger partial charge in [-0.3, -0.25) is 0 Å². The largest absolute Gasteiger partial charge is 1.00 e. The molecule has 0 aliphatic heterocycles. The van der Waals surface area contributed by atoms with Gasteiger partial charge in [0.25, 0.3) is 0 Å². The maximum atomic E-state index is 10.2. The molecule has 15 heavy (non-hydrogen) atoms. The van der Waals surface area contributed by atoms with Gasteiger partial charge in [-0.2, -0.15) is 0 Å². The minimum atomic E-state index is -4.02. The zero-order chi connectivity index (χ0) is 11.0. The molecule has 1 N–H and O–H groups in total. The van der Waals surface area contributed by atoms with E-state index in [1.165, 1.54) is 0 Å². The minimum absolute atomic E-state index is 0. The molecule has 1 unspecified atom stereocenters. The van der Waals surface area contributed by atoms with Crippen molar-refractivity contribution >= 4 is 10.1 Å². The summed E-state index contributed by atoms with van der Waals surface area (Å²) >= 11 is 0. The van der Waals surface area contributed by atoms with Gasteiger partial charge in [-0.15, -0.1) is 0 Å². The fraction of sp³-hybridized carbons (Fsp3) is 1.00. The van der Waals surface area contributed by atoms with Gasteiger partial charge < -0.3 is 9.66 Å². The second-order valence-corrected chi connectivity index (χ2v) is 5.19. The molecule has 0 saturated carbocycles. The molecule has 0 aliphatic carbocycles. The molecule has 0 aliphatic rings. The third-order valence-corrected chi connectivity index (χ3v) is 2.80. The monoisotopic (exact) mass is 262 g/mol. The summed E-state index contributed by atoms with van der Waals surface area (Å²) < 4.78 is 30.7. The summed E-state index contributed by atoms with van der Waals surface area (Å²) in [6.07, 6.45) is 4.66. The van der Waals surface area contributed by atoms with Gasteiger partial charge in [0.2, 0.25) is 0 Å². The summed E-state index contributed by atoms with van der Waals surface area (Å²) in [6, 6.07) is 0. The van der Waals surface area contributed by atoms with Gasteiger partial charge in [0.1, 0.15) is 0 Å². The van der Waals surface area contributed by atoms with Crippen LogP contribution in [0.15, 0.2) is 0 Å². The van der Waals surface area contributed by atoms with Crippen LogP contribution in [0.5, 0.6) is 0 Å². The van der Waals surface area contributed by atoms with Crippen LogP contribution in [-0.2, 0) is 10.1 Å². The molecule has 0 fully saturated rings. The Balaban J connectivity index is 0. The Hall–Kier alpha value is 1.51. The molecule has 0 spiro atoms. The fourth-order valence-corrected chi connectivity index (χ4v) is 1.81. The predicted octanol–water partition coefficient (Wildman–Crippen LogP) is -1.74. The van der Waals surface area contributed by atoms with Crippen molar-refractivity contribution in [2.75, 3.05) is 5.75 Å². The molecule has 0 rings (SSSR count). The maximum absolute atomic E-state index is 10.2. The Kier molecular flexibility index (Phi) is 13.4. The number of aliphatic hydroxyl groups excluding tert-OH is 1. The normalized spacial score (nSPS) is 13.3. The van der Waals surface area contributed by atoms with E-state index in [1.54, 1.807) is 6.92 Å². The number of hydrogen-bond donors (Lipinski definition) is 1. The average Bonchev–Trinajstić information content (AvgIpc) is 2.00. The van der Waals surface area contributed by atoms with E-state index < -0.39 is 10.1 Å². The fourth-order valence-electron chi connectivity index (χ4n) is 1.25. The molecule has 0 aromatic rings. The second-order valence-electron chi connectivity index (χ2n) is 3.67. The van der Waals surface area contributed by atoms with E-state index in [0.29, 0.717) is 6.42 Å². The van der Waals surface area contributed by atoms with Gasteiger partial charge in [-0.25, -0.2) is 8.42 Å². The van der Waals surface area contributed by atoms with Gasteiger partial charge in [0, 0.05) is 5.75 Å². The van der Waals surface area contributed by atoms with Crippen LogP contribution in [0, 0.1) is 0 Å². The molecule has 0 amide bonds. The molecule has 4 nitrogen and oxygen atoms in total. The SMILES string of the molecule is CC(O)CCCCCCCS(=O)(=O)[O-].[K+]. The molecule has 0 radical (unpaired) electrons. The van der Waals surface area contributed by atoms with Crippen LogP contribution in [0.3, 0.4) is 0 Å². The van der Waals surface area contributed by atoms with Crippen LogP contribution in [0.2, 0.25) is 0 Å². The van der Waals surface area contributed by atoms with Crippen LogP contribution >= 0.6 is 0 Å². The van der Waals surface area contributed by atoms with E-state index in [4.69, 9.17) is 5.11 Å². The molecule has 0 saturated heterocycles. The smallest absolute Gasteiger partial charge is 0.748 e. The Morgan fingerprint density at radius 3 is 2.07 bits per heavy atom. The molecule has 0 aromatic carbocycles. The summed E-state index contributed by atoms with van der Waals surface area (Å²) in [7, 11) is -4.02. The number of aliphatic hydroxyl groups is 1. The summed E-state index contributed by atoms with van der Waals surface area (Å²) in [5.41, 5.74) is 0. The molecule has 0 aromatic heterocycles. The zero-order valence-electron chi connectivity index (χ0n) is 9.61. The van der Waals surface area contributed by atoms with Crippen molar-refractivity contribution < 1.29 is 69.5 Å². The van der Waals surface area contributed by atoms with Crippen LogP contribution in [0.25, 0.3) is 0 Å². The number of unbranched alkanes of at least 4 members (excludes halogenated alkanes) is 4. The molecule has 0 heterocycles. The van der Waals surface area contributed by atoms with E-state index in [0.717, 1.165) is 32.1 Å². The van der Waals surface area contributed by atoms with Crippen LogP contribution in [-0.4, -0.2) is 29.9 Å². The van der Waals surface area contributed by atoms with Gasteiger partial charge in [-0.1, -0.05) is 25.7 Å². The molecule has 6 heteroatoms. The van der Waals surface area contributed by atoms with Crippen molar-refractivity contribution in [2.24, 2.45) is 0 Å². The first-order chi connectivity index (χ1) is 6.42. The Bertz CT molecular complexity index is 226. The number of hydrogen-bond acceptors (Lipinski definition) is 4. The molecular formula is C9H19KO4S. The molecule has 1 atom stereocenters. The second kappa shape index (κ2) is 10.6. The van der Waals surface area contributed by atoms with Crippen molar-refractivity contribution in [1.82, 2.24) is 0 Å². The van der Waals surface area contributed by atoms with Gasteiger partial charge in [-0.05, 0) is 19.8 Å². The first kappa shape index (κ1) is 18.9. The van der Waals surface area contributed by atoms with Gasteiger partial charge >= 0.3 is 51.4 Å². The summed E-state index contributed by atoms with van der Waals surface area (Å²) in [5.74, 6) is -0.247. The van der Waals surface area contributed by atoms with Crippen molar-refractivity contribution in [1.29, 1.82) is 0 Å². The standard InChI is InChI=1S/C9H20O4S.K/c1-9(10)7-5-3-2-4-6-8-14(11,12)13;/h9-10H,2-8H2,1H3,(H,11,12,13);/q;+1/p-1. The van der Waals surface area contributed by atoms with E-state index >= 15 is 0 Å². The van der Waals surface area contributed by atoms with Crippen molar-refractivity contribution in [3.8, 4) is 0 Å². The maximum Gasteiger partial charge on any atom is 1.00 e. The van der Waals surface area contributed by atoms with Crippen molar-refractivity contribution in [3.63, 3.8) is 0 Å². The quantitative estimate of drug-likeness (QED) is 0.320. The number of rotatable bonds is 8. The van der Waals surface area contributed by atoms with Crippen molar-refractivity contribution in [3.05, 3.63) is 0 Å². The summed E-state index contributed by atoms with van der Waals surface area (Å²) in [4.78, 5) is 0. The summed E-state index contributed by atoms with van der Waals surface area (Å²) in [5, 5.41) is 8.94. The van der Waals surface area contributed by atoms with E-state index in [9.17, 15) is 13.0 Å². The Labute approximate surface area is 135 Å². The van der Waals surface area contributed by atoms with Gasteiger partial charge in [0.15, 0.2) is 0 Å².